The Morgan fingerprint density at radius 1 is 1.31 bits per heavy atom. The summed E-state index contributed by atoms with van der Waals surface area (Å²) in [6.45, 7) is 4.51. The zero-order chi connectivity index (χ0) is 9.47. The number of methoxy groups -OCH3 is 1. The van der Waals surface area contributed by atoms with E-state index in [-0.39, 0.29) is 18.5 Å². The molecule has 0 aromatic carbocycles. The average Bonchev–Trinajstić information content (AvgIpc) is 2.37. The predicted molar refractivity (Wildman–Crippen MR) is 45.2 cm³/mol. The summed E-state index contributed by atoms with van der Waals surface area (Å²) in [7, 11) is 1.63. The topological polar surface area (TPSA) is 36.9 Å². The van der Waals surface area contributed by atoms with Crippen molar-refractivity contribution in [1.29, 1.82) is 0 Å². The molecule has 3 atom stereocenters. The second-order valence-corrected chi connectivity index (χ2v) is 3.90. The SMILES string of the molecule is CO[C@@H]1OCC[C@@H]2OC(C)(C)O[C@@H]12. The molecule has 2 aliphatic rings. The third-order valence-electron chi connectivity index (χ3n) is 2.41. The van der Waals surface area contributed by atoms with E-state index in [1.807, 2.05) is 13.8 Å². The van der Waals surface area contributed by atoms with Crippen molar-refractivity contribution >= 4 is 0 Å². The van der Waals surface area contributed by atoms with Gasteiger partial charge in [-0.05, 0) is 20.3 Å². The molecule has 0 N–H and O–H groups in total. The van der Waals surface area contributed by atoms with Gasteiger partial charge in [0.05, 0.1) is 12.7 Å². The Morgan fingerprint density at radius 3 is 2.77 bits per heavy atom. The molecule has 0 aromatic heterocycles. The van der Waals surface area contributed by atoms with Crippen molar-refractivity contribution in [2.75, 3.05) is 13.7 Å². The van der Waals surface area contributed by atoms with Gasteiger partial charge in [-0.15, -0.1) is 0 Å². The number of fused-ring (bicyclic) bond motifs is 1. The molecule has 76 valence electrons. The van der Waals surface area contributed by atoms with Crippen LogP contribution in [0.25, 0.3) is 0 Å². The second-order valence-electron chi connectivity index (χ2n) is 3.90. The van der Waals surface area contributed by atoms with Gasteiger partial charge in [-0.3, -0.25) is 0 Å². The molecular formula is C9H16O4. The standard InChI is InChI=1S/C9H16O4/c1-9(2)12-6-4-5-11-8(10-3)7(6)13-9/h6-8H,4-5H2,1-3H3/t6-,7+,8+/m0/s1. The highest BCUT2D eigenvalue weighted by molar-refractivity contribution is 4.86. The molecule has 0 aliphatic carbocycles. The lowest BCUT2D eigenvalue weighted by Crippen LogP contribution is -2.43. The van der Waals surface area contributed by atoms with Crippen LogP contribution in [0.2, 0.25) is 0 Å². The minimum atomic E-state index is -0.500. The summed E-state index contributed by atoms with van der Waals surface area (Å²) >= 11 is 0. The lowest BCUT2D eigenvalue weighted by Gasteiger charge is -2.29. The maximum atomic E-state index is 5.70. The van der Waals surface area contributed by atoms with E-state index in [1.165, 1.54) is 0 Å². The van der Waals surface area contributed by atoms with E-state index < -0.39 is 5.79 Å². The molecule has 0 saturated carbocycles. The Bertz CT molecular complexity index is 192. The largest absolute Gasteiger partial charge is 0.353 e. The fourth-order valence-corrected chi connectivity index (χ4v) is 1.91. The first-order valence-electron chi connectivity index (χ1n) is 4.62. The molecule has 0 bridgehead atoms. The van der Waals surface area contributed by atoms with E-state index >= 15 is 0 Å². The predicted octanol–water partition coefficient (Wildman–Crippen LogP) is 0.899. The fourth-order valence-electron chi connectivity index (χ4n) is 1.91. The molecule has 0 amide bonds. The number of hydrogen-bond acceptors (Lipinski definition) is 4. The lowest BCUT2D eigenvalue weighted by molar-refractivity contribution is -0.219. The van der Waals surface area contributed by atoms with Gasteiger partial charge in [0.1, 0.15) is 6.10 Å². The average molecular weight is 188 g/mol. The monoisotopic (exact) mass is 188 g/mol. The van der Waals surface area contributed by atoms with Gasteiger partial charge in [0.15, 0.2) is 12.1 Å². The van der Waals surface area contributed by atoms with Crippen LogP contribution < -0.4 is 0 Å². The van der Waals surface area contributed by atoms with Gasteiger partial charge in [-0.1, -0.05) is 0 Å². The molecule has 0 spiro atoms. The van der Waals surface area contributed by atoms with E-state index in [1.54, 1.807) is 7.11 Å². The zero-order valence-electron chi connectivity index (χ0n) is 8.28. The van der Waals surface area contributed by atoms with E-state index in [2.05, 4.69) is 0 Å². The molecule has 2 heterocycles. The van der Waals surface area contributed by atoms with Crippen molar-refractivity contribution in [2.45, 2.75) is 44.6 Å². The normalized spacial score (nSPS) is 43.2. The first-order valence-corrected chi connectivity index (χ1v) is 4.62. The smallest absolute Gasteiger partial charge is 0.186 e. The first kappa shape index (κ1) is 9.40. The van der Waals surface area contributed by atoms with Gasteiger partial charge in [-0.25, -0.2) is 0 Å². The van der Waals surface area contributed by atoms with Gasteiger partial charge in [0.2, 0.25) is 0 Å². The Labute approximate surface area is 78.1 Å². The molecule has 0 aromatic rings. The van der Waals surface area contributed by atoms with E-state index in [0.29, 0.717) is 6.61 Å². The molecule has 2 fully saturated rings. The Hall–Kier alpha value is -0.160. The van der Waals surface area contributed by atoms with E-state index in [9.17, 15) is 0 Å². The number of hydrogen-bond donors (Lipinski definition) is 0. The Balaban J connectivity index is 2.08. The summed E-state index contributed by atoms with van der Waals surface area (Å²) in [5.41, 5.74) is 0. The van der Waals surface area contributed by atoms with Crippen LogP contribution in [-0.2, 0) is 18.9 Å². The van der Waals surface area contributed by atoms with Crippen molar-refractivity contribution in [3.63, 3.8) is 0 Å². The summed E-state index contributed by atoms with van der Waals surface area (Å²) in [6.07, 6.45) is 0.650. The van der Waals surface area contributed by atoms with Crippen LogP contribution in [0, 0.1) is 0 Å². The van der Waals surface area contributed by atoms with Gasteiger partial charge >= 0.3 is 0 Å². The Morgan fingerprint density at radius 2 is 2.08 bits per heavy atom. The molecule has 4 nitrogen and oxygen atoms in total. The molecule has 0 unspecified atom stereocenters. The maximum absolute atomic E-state index is 5.70. The van der Waals surface area contributed by atoms with Crippen LogP contribution in [0.4, 0.5) is 0 Å². The highest BCUT2D eigenvalue weighted by Gasteiger charge is 2.47. The summed E-state index contributed by atoms with van der Waals surface area (Å²) in [4.78, 5) is 0. The highest BCUT2D eigenvalue weighted by atomic mass is 16.8. The third kappa shape index (κ3) is 1.72. The molecule has 0 radical (unpaired) electrons. The van der Waals surface area contributed by atoms with Gasteiger partial charge in [-0.2, -0.15) is 0 Å². The fraction of sp³-hybridized carbons (Fsp3) is 1.00. The zero-order valence-corrected chi connectivity index (χ0v) is 8.28. The third-order valence-corrected chi connectivity index (χ3v) is 2.41. The first-order chi connectivity index (χ1) is 6.12. The van der Waals surface area contributed by atoms with Crippen molar-refractivity contribution < 1.29 is 18.9 Å². The molecular weight excluding hydrogens is 172 g/mol. The van der Waals surface area contributed by atoms with Gasteiger partial charge < -0.3 is 18.9 Å². The van der Waals surface area contributed by atoms with Crippen molar-refractivity contribution in [3.8, 4) is 0 Å². The van der Waals surface area contributed by atoms with Crippen LogP contribution in [-0.4, -0.2) is 38.0 Å². The second kappa shape index (κ2) is 3.20. The molecule has 13 heavy (non-hydrogen) atoms. The van der Waals surface area contributed by atoms with Crippen LogP contribution in [0.5, 0.6) is 0 Å². The molecule has 2 rings (SSSR count). The van der Waals surface area contributed by atoms with E-state index in [4.69, 9.17) is 18.9 Å². The minimum absolute atomic E-state index is 0.0752. The lowest BCUT2D eigenvalue weighted by atomic mass is 10.1. The minimum Gasteiger partial charge on any atom is -0.353 e. The van der Waals surface area contributed by atoms with Crippen LogP contribution in [0.15, 0.2) is 0 Å². The van der Waals surface area contributed by atoms with Gasteiger partial charge in [0.25, 0.3) is 0 Å². The van der Waals surface area contributed by atoms with Gasteiger partial charge in [0, 0.05) is 7.11 Å². The molecule has 4 heteroatoms. The molecule has 2 saturated heterocycles. The van der Waals surface area contributed by atoms with Crippen molar-refractivity contribution in [1.82, 2.24) is 0 Å². The summed E-state index contributed by atoms with van der Waals surface area (Å²) in [5.74, 6) is -0.500. The maximum Gasteiger partial charge on any atom is 0.186 e. The number of rotatable bonds is 1. The summed E-state index contributed by atoms with van der Waals surface area (Å²) in [5, 5.41) is 0. The van der Waals surface area contributed by atoms with Crippen LogP contribution in [0.1, 0.15) is 20.3 Å². The van der Waals surface area contributed by atoms with Crippen LogP contribution in [0.3, 0.4) is 0 Å². The quantitative estimate of drug-likeness (QED) is 0.612. The van der Waals surface area contributed by atoms with E-state index in [0.717, 1.165) is 6.42 Å². The summed E-state index contributed by atoms with van der Waals surface area (Å²) < 4.78 is 22.0. The highest BCUT2D eigenvalue weighted by Crippen LogP contribution is 2.35. The van der Waals surface area contributed by atoms with Crippen molar-refractivity contribution in [2.24, 2.45) is 0 Å². The number of ether oxygens (including phenoxy) is 4. The van der Waals surface area contributed by atoms with Crippen molar-refractivity contribution in [3.05, 3.63) is 0 Å². The summed E-state index contributed by atoms with van der Waals surface area (Å²) in [6, 6.07) is 0. The molecule has 2 aliphatic heterocycles. The Kier molecular flexibility index (Phi) is 2.32. The van der Waals surface area contributed by atoms with Crippen LogP contribution >= 0.6 is 0 Å².